The Morgan fingerprint density at radius 1 is 0.500 bits per heavy atom. The zero-order valence-corrected chi connectivity index (χ0v) is 11.8. The van der Waals surface area contributed by atoms with Gasteiger partial charge in [-0.05, 0) is 30.2 Å². The number of nitrogens with zero attached hydrogens (tertiary/aromatic N) is 2. The van der Waals surface area contributed by atoms with E-state index in [1.54, 1.807) is 12.4 Å². The summed E-state index contributed by atoms with van der Waals surface area (Å²) in [6.07, 6.45) is 3.38. The average molecular weight is 280 g/mol. The molecule has 22 heavy (non-hydrogen) atoms. The molecule has 0 N–H and O–H groups in total. The van der Waals surface area contributed by atoms with Gasteiger partial charge in [0.25, 0.3) is 0 Å². The van der Waals surface area contributed by atoms with Gasteiger partial charge in [-0.2, -0.15) is 0 Å². The van der Waals surface area contributed by atoms with Crippen LogP contribution in [0.15, 0.2) is 73.1 Å². The summed E-state index contributed by atoms with van der Waals surface area (Å²) < 4.78 is 0. The minimum Gasteiger partial charge on any atom is -0.228 e. The molecule has 0 spiro atoms. The highest BCUT2D eigenvalue weighted by atomic mass is 14.8. The van der Waals surface area contributed by atoms with Crippen LogP contribution in [0.3, 0.4) is 0 Å². The SMILES string of the molecule is C(#Cc1cnc(C#Cc2ccccc2)nc1)c1ccccc1. The van der Waals surface area contributed by atoms with Gasteiger partial charge in [0.1, 0.15) is 0 Å². The summed E-state index contributed by atoms with van der Waals surface area (Å²) in [5.74, 6) is 12.6. The Labute approximate surface area is 129 Å². The third kappa shape index (κ3) is 3.82. The van der Waals surface area contributed by atoms with Gasteiger partial charge >= 0.3 is 0 Å². The van der Waals surface area contributed by atoms with Crippen molar-refractivity contribution >= 4 is 0 Å². The predicted octanol–water partition coefficient (Wildman–Crippen LogP) is 3.28. The van der Waals surface area contributed by atoms with Gasteiger partial charge in [-0.15, -0.1) is 0 Å². The van der Waals surface area contributed by atoms with Gasteiger partial charge in [-0.25, -0.2) is 9.97 Å². The van der Waals surface area contributed by atoms with Crippen LogP contribution in [-0.4, -0.2) is 9.97 Å². The van der Waals surface area contributed by atoms with Crippen molar-refractivity contribution in [2.75, 3.05) is 0 Å². The Bertz CT molecular complexity index is 783. The fourth-order valence-corrected chi connectivity index (χ4v) is 1.77. The average Bonchev–Trinajstić information content (AvgIpc) is 2.61. The van der Waals surface area contributed by atoms with Gasteiger partial charge in [0.15, 0.2) is 0 Å². The molecule has 0 unspecified atom stereocenters. The van der Waals surface area contributed by atoms with Crippen LogP contribution < -0.4 is 0 Å². The van der Waals surface area contributed by atoms with Crippen molar-refractivity contribution in [1.29, 1.82) is 0 Å². The van der Waals surface area contributed by atoms with Gasteiger partial charge in [0.05, 0.1) is 5.56 Å². The largest absolute Gasteiger partial charge is 0.228 e. The van der Waals surface area contributed by atoms with E-state index in [9.17, 15) is 0 Å². The molecular weight excluding hydrogens is 268 g/mol. The second kappa shape index (κ2) is 6.88. The van der Waals surface area contributed by atoms with Gasteiger partial charge < -0.3 is 0 Å². The molecule has 3 rings (SSSR count). The highest BCUT2D eigenvalue weighted by Crippen LogP contribution is 1.99. The lowest BCUT2D eigenvalue weighted by Gasteiger charge is -1.91. The highest BCUT2D eigenvalue weighted by Gasteiger charge is 1.92. The zero-order valence-electron chi connectivity index (χ0n) is 11.8. The van der Waals surface area contributed by atoms with Crippen LogP contribution >= 0.6 is 0 Å². The normalized spacial score (nSPS) is 9.09. The predicted molar refractivity (Wildman–Crippen MR) is 86.9 cm³/mol. The van der Waals surface area contributed by atoms with Crippen molar-refractivity contribution in [3.63, 3.8) is 0 Å². The summed E-state index contributed by atoms with van der Waals surface area (Å²) in [6.45, 7) is 0. The van der Waals surface area contributed by atoms with E-state index in [0.29, 0.717) is 5.82 Å². The molecule has 0 fully saturated rings. The van der Waals surface area contributed by atoms with E-state index in [-0.39, 0.29) is 0 Å². The summed E-state index contributed by atoms with van der Waals surface area (Å²) in [7, 11) is 0. The molecule has 3 aromatic rings. The lowest BCUT2D eigenvalue weighted by Crippen LogP contribution is -1.89. The molecule has 0 atom stereocenters. The standard InChI is InChI=1S/C20H12N2/c1-3-7-17(8-4-1)11-12-19-15-21-20(22-16-19)14-13-18-9-5-2-6-10-18/h1-10,15-16H. The summed E-state index contributed by atoms with van der Waals surface area (Å²) in [6, 6.07) is 19.6. The molecule has 0 aliphatic heterocycles. The van der Waals surface area contributed by atoms with Crippen molar-refractivity contribution in [2.45, 2.75) is 0 Å². The molecule has 0 aliphatic carbocycles. The molecular formula is C20H12N2. The van der Waals surface area contributed by atoms with Gasteiger partial charge in [-0.1, -0.05) is 54.2 Å². The Balaban J connectivity index is 1.74. The van der Waals surface area contributed by atoms with Crippen molar-refractivity contribution in [1.82, 2.24) is 9.97 Å². The molecule has 0 amide bonds. The maximum absolute atomic E-state index is 4.22. The molecule has 0 radical (unpaired) electrons. The molecule has 2 aromatic carbocycles. The number of aromatic nitrogens is 2. The molecule has 0 saturated heterocycles. The van der Waals surface area contributed by atoms with Crippen molar-refractivity contribution in [3.8, 4) is 23.7 Å². The summed E-state index contributed by atoms with van der Waals surface area (Å²) in [5.41, 5.74) is 2.68. The minimum atomic E-state index is 0.495. The monoisotopic (exact) mass is 280 g/mol. The van der Waals surface area contributed by atoms with Crippen LogP contribution in [0, 0.1) is 23.7 Å². The molecule has 1 aromatic heterocycles. The van der Waals surface area contributed by atoms with Crippen LogP contribution in [0.2, 0.25) is 0 Å². The Morgan fingerprint density at radius 3 is 1.50 bits per heavy atom. The van der Waals surface area contributed by atoms with E-state index in [1.807, 2.05) is 60.7 Å². The molecule has 0 bridgehead atoms. The van der Waals surface area contributed by atoms with E-state index in [0.717, 1.165) is 16.7 Å². The second-order valence-electron chi connectivity index (χ2n) is 4.53. The third-order valence-electron chi connectivity index (χ3n) is 2.87. The summed E-state index contributed by atoms with van der Waals surface area (Å²) in [5, 5.41) is 0. The van der Waals surface area contributed by atoms with Crippen molar-refractivity contribution < 1.29 is 0 Å². The number of hydrogen-bond acceptors (Lipinski definition) is 2. The molecule has 2 heteroatoms. The smallest absolute Gasteiger partial charge is 0.205 e. The number of rotatable bonds is 0. The van der Waals surface area contributed by atoms with E-state index < -0.39 is 0 Å². The zero-order chi connectivity index (χ0) is 15.0. The van der Waals surface area contributed by atoms with Crippen molar-refractivity contribution in [2.24, 2.45) is 0 Å². The first-order valence-corrected chi connectivity index (χ1v) is 6.86. The van der Waals surface area contributed by atoms with E-state index in [2.05, 4.69) is 33.6 Å². The first-order chi connectivity index (χ1) is 10.9. The summed E-state index contributed by atoms with van der Waals surface area (Å²) >= 11 is 0. The minimum absolute atomic E-state index is 0.495. The first kappa shape index (κ1) is 13.6. The van der Waals surface area contributed by atoms with E-state index in [4.69, 9.17) is 0 Å². The van der Waals surface area contributed by atoms with Crippen molar-refractivity contribution in [3.05, 3.63) is 95.6 Å². The van der Waals surface area contributed by atoms with Gasteiger partial charge in [0.2, 0.25) is 5.82 Å². The molecule has 1 heterocycles. The quantitative estimate of drug-likeness (QED) is 0.591. The van der Waals surface area contributed by atoms with Crippen LogP contribution in [0.1, 0.15) is 22.5 Å². The Hall–Kier alpha value is -3.36. The molecule has 2 nitrogen and oxygen atoms in total. The number of hydrogen-bond donors (Lipinski definition) is 0. The Kier molecular flexibility index (Phi) is 4.26. The lowest BCUT2D eigenvalue weighted by molar-refractivity contribution is 1.12. The van der Waals surface area contributed by atoms with E-state index in [1.165, 1.54) is 0 Å². The first-order valence-electron chi connectivity index (χ1n) is 6.86. The van der Waals surface area contributed by atoms with Gasteiger partial charge in [0, 0.05) is 23.5 Å². The maximum Gasteiger partial charge on any atom is 0.205 e. The molecule has 0 saturated carbocycles. The lowest BCUT2D eigenvalue weighted by atomic mass is 10.2. The van der Waals surface area contributed by atoms with E-state index >= 15 is 0 Å². The number of benzene rings is 2. The fourth-order valence-electron chi connectivity index (χ4n) is 1.77. The van der Waals surface area contributed by atoms with Crippen LogP contribution in [-0.2, 0) is 0 Å². The highest BCUT2D eigenvalue weighted by molar-refractivity contribution is 5.42. The van der Waals surface area contributed by atoms with Gasteiger partial charge in [-0.3, -0.25) is 0 Å². The van der Waals surface area contributed by atoms with Crippen LogP contribution in [0.5, 0.6) is 0 Å². The van der Waals surface area contributed by atoms with Crippen LogP contribution in [0.25, 0.3) is 0 Å². The third-order valence-corrected chi connectivity index (χ3v) is 2.87. The second-order valence-corrected chi connectivity index (χ2v) is 4.53. The topological polar surface area (TPSA) is 25.8 Å². The summed E-state index contributed by atoms with van der Waals surface area (Å²) in [4.78, 5) is 8.44. The molecule has 102 valence electrons. The molecule has 0 aliphatic rings. The Morgan fingerprint density at radius 2 is 0.955 bits per heavy atom. The fraction of sp³-hybridized carbons (Fsp3) is 0. The van der Waals surface area contributed by atoms with Crippen LogP contribution in [0.4, 0.5) is 0 Å². The maximum atomic E-state index is 4.22.